The molecule has 17 heavy (non-hydrogen) atoms. The first kappa shape index (κ1) is 11.6. The Kier molecular flexibility index (Phi) is 3.35. The Morgan fingerprint density at radius 2 is 2.29 bits per heavy atom. The van der Waals surface area contributed by atoms with E-state index in [2.05, 4.69) is 15.3 Å². The average molecular weight is 244 g/mol. The molecule has 0 saturated carbocycles. The van der Waals surface area contributed by atoms with Gasteiger partial charge in [-0.2, -0.15) is 5.26 Å². The Morgan fingerprint density at radius 1 is 1.47 bits per heavy atom. The van der Waals surface area contributed by atoms with Gasteiger partial charge in [-0.15, -0.1) is 11.3 Å². The highest BCUT2D eigenvalue weighted by Gasteiger charge is 2.09. The molecule has 0 spiro atoms. The van der Waals surface area contributed by atoms with Crippen LogP contribution in [0.25, 0.3) is 0 Å². The van der Waals surface area contributed by atoms with Crippen LogP contribution in [0.15, 0.2) is 24.5 Å². The van der Waals surface area contributed by atoms with E-state index in [0.29, 0.717) is 5.69 Å². The molecule has 2 heterocycles. The number of thiazole rings is 1. The third-order valence-electron chi connectivity index (χ3n) is 2.27. The lowest BCUT2D eigenvalue weighted by Gasteiger charge is -2.12. The van der Waals surface area contributed by atoms with Crippen LogP contribution < -0.4 is 5.32 Å². The van der Waals surface area contributed by atoms with Crippen molar-refractivity contribution in [2.24, 2.45) is 0 Å². The van der Waals surface area contributed by atoms with Gasteiger partial charge in [0.15, 0.2) is 0 Å². The zero-order valence-corrected chi connectivity index (χ0v) is 10.5. The van der Waals surface area contributed by atoms with Crippen molar-refractivity contribution in [1.29, 1.82) is 5.26 Å². The first-order valence-corrected chi connectivity index (χ1v) is 6.05. The fraction of sp³-hybridized carbons (Fsp3) is 0.250. The zero-order valence-electron chi connectivity index (χ0n) is 9.64. The SMILES string of the molecule is Cc1cnc(C(C)Nc2ccnc(C#N)c2)s1. The molecule has 86 valence electrons. The fourth-order valence-corrected chi connectivity index (χ4v) is 2.24. The number of nitrogens with zero attached hydrogens (tertiary/aromatic N) is 3. The van der Waals surface area contributed by atoms with Crippen LogP contribution in [0, 0.1) is 18.3 Å². The molecule has 0 amide bonds. The van der Waals surface area contributed by atoms with Crippen LogP contribution in [-0.2, 0) is 0 Å². The summed E-state index contributed by atoms with van der Waals surface area (Å²) in [6.45, 7) is 4.08. The summed E-state index contributed by atoms with van der Waals surface area (Å²) >= 11 is 1.67. The normalized spacial score (nSPS) is 11.8. The summed E-state index contributed by atoms with van der Waals surface area (Å²) in [5, 5.41) is 13.1. The van der Waals surface area contributed by atoms with Gasteiger partial charge in [0.1, 0.15) is 16.8 Å². The minimum atomic E-state index is 0.127. The lowest BCUT2D eigenvalue weighted by atomic mass is 10.3. The molecule has 0 saturated heterocycles. The summed E-state index contributed by atoms with van der Waals surface area (Å²) in [5.74, 6) is 0. The Balaban J connectivity index is 2.13. The van der Waals surface area contributed by atoms with Gasteiger partial charge >= 0.3 is 0 Å². The highest BCUT2D eigenvalue weighted by Crippen LogP contribution is 2.23. The molecule has 1 atom stereocenters. The molecule has 0 aromatic carbocycles. The van der Waals surface area contributed by atoms with Gasteiger partial charge in [0.25, 0.3) is 0 Å². The van der Waals surface area contributed by atoms with Crippen LogP contribution in [0.3, 0.4) is 0 Å². The van der Waals surface area contributed by atoms with E-state index in [1.165, 1.54) is 4.88 Å². The molecule has 2 aromatic rings. The second-order valence-electron chi connectivity index (χ2n) is 3.72. The number of nitriles is 1. The molecule has 0 bridgehead atoms. The summed E-state index contributed by atoms with van der Waals surface area (Å²) in [4.78, 5) is 9.45. The number of rotatable bonds is 3. The molecule has 0 fully saturated rings. The van der Waals surface area contributed by atoms with E-state index < -0.39 is 0 Å². The van der Waals surface area contributed by atoms with E-state index in [1.807, 2.05) is 32.2 Å². The number of hydrogen-bond acceptors (Lipinski definition) is 5. The minimum absolute atomic E-state index is 0.127. The molecule has 0 aliphatic heterocycles. The first-order chi connectivity index (χ1) is 8.19. The van der Waals surface area contributed by atoms with Crippen LogP contribution in [0.5, 0.6) is 0 Å². The molecule has 0 aliphatic rings. The predicted molar refractivity (Wildman–Crippen MR) is 67.8 cm³/mol. The summed E-state index contributed by atoms with van der Waals surface area (Å²) < 4.78 is 0. The molecule has 0 radical (unpaired) electrons. The zero-order chi connectivity index (χ0) is 12.3. The van der Waals surface area contributed by atoms with Crippen LogP contribution in [0.1, 0.15) is 28.5 Å². The van der Waals surface area contributed by atoms with E-state index in [1.54, 1.807) is 23.6 Å². The molecule has 2 rings (SSSR count). The summed E-state index contributed by atoms with van der Waals surface area (Å²) in [7, 11) is 0. The standard InChI is InChI=1S/C12H12N4S/c1-8-7-15-12(17-8)9(2)16-10-3-4-14-11(5-10)6-13/h3-5,7,9H,1-2H3,(H,14,16). The maximum Gasteiger partial charge on any atom is 0.142 e. The average Bonchev–Trinajstić information content (AvgIpc) is 2.76. The molecule has 1 N–H and O–H groups in total. The number of anilines is 1. The Labute approximate surface area is 104 Å². The first-order valence-electron chi connectivity index (χ1n) is 5.24. The van der Waals surface area contributed by atoms with Crippen molar-refractivity contribution in [2.45, 2.75) is 19.9 Å². The molecule has 1 unspecified atom stereocenters. The van der Waals surface area contributed by atoms with E-state index in [9.17, 15) is 0 Å². The van der Waals surface area contributed by atoms with E-state index in [-0.39, 0.29) is 6.04 Å². The van der Waals surface area contributed by atoms with Gasteiger partial charge in [-0.25, -0.2) is 9.97 Å². The third-order valence-corrected chi connectivity index (χ3v) is 3.36. The van der Waals surface area contributed by atoms with Gasteiger partial charge in [-0.1, -0.05) is 0 Å². The Morgan fingerprint density at radius 3 is 2.94 bits per heavy atom. The van der Waals surface area contributed by atoms with Crippen molar-refractivity contribution in [1.82, 2.24) is 9.97 Å². The lowest BCUT2D eigenvalue weighted by Crippen LogP contribution is -2.06. The Hall–Kier alpha value is -1.93. The highest BCUT2D eigenvalue weighted by atomic mass is 32.1. The van der Waals surface area contributed by atoms with Crippen molar-refractivity contribution in [2.75, 3.05) is 5.32 Å². The van der Waals surface area contributed by atoms with Gasteiger partial charge in [0, 0.05) is 23.0 Å². The number of aromatic nitrogens is 2. The summed E-state index contributed by atoms with van der Waals surface area (Å²) in [6.07, 6.45) is 3.49. The molecular weight excluding hydrogens is 232 g/mol. The Bertz CT molecular complexity index is 556. The van der Waals surface area contributed by atoms with Gasteiger partial charge in [0.05, 0.1) is 6.04 Å². The van der Waals surface area contributed by atoms with Gasteiger partial charge in [-0.05, 0) is 26.0 Å². The smallest absolute Gasteiger partial charge is 0.142 e. The predicted octanol–water partition coefficient (Wildman–Crippen LogP) is 2.89. The third kappa shape index (κ3) is 2.80. The van der Waals surface area contributed by atoms with E-state index >= 15 is 0 Å². The lowest BCUT2D eigenvalue weighted by molar-refractivity contribution is 0.869. The molecule has 2 aromatic heterocycles. The van der Waals surface area contributed by atoms with E-state index in [0.717, 1.165) is 10.7 Å². The fourth-order valence-electron chi connectivity index (χ4n) is 1.47. The van der Waals surface area contributed by atoms with Gasteiger partial charge in [-0.3, -0.25) is 0 Å². The van der Waals surface area contributed by atoms with E-state index in [4.69, 9.17) is 5.26 Å². The molecular formula is C12H12N4S. The number of nitrogens with one attached hydrogen (secondary N) is 1. The number of hydrogen-bond donors (Lipinski definition) is 1. The van der Waals surface area contributed by atoms with Crippen molar-refractivity contribution >= 4 is 17.0 Å². The maximum absolute atomic E-state index is 8.77. The van der Waals surface area contributed by atoms with Crippen LogP contribution in [0.2, 0.25) is 0 Å². The second kappa shape index (κ2) is 4.93. The van der Waals surface area contributed by atoms with Gasteiger partial charge < -0.3 is 5.32 Å². The molecule has 4 nitrogen and oxygen atoms in total. The molecule has 5 heteroatoms. The second-order valence-corrected chi connectivity index (χ2v) is 4.98. The largest absolute Gasteiger partial charge is 0.376 e. The van der Waals surface area contributed by atoms with Crippen LogP contribution in [-0.4, -0.2) is 9.97 Å². The van der Waals surface area contributed by atoms with Crippen molar-refractivity contribution in [3.05, 3.63) is 40.1 Å². The number of pyridine rings is 1. The maximum atomic E-state index is 8.77. The van der Waals surface area contributed by atoms with Crippen LogP contribution in [0.4, 0.5) is 5.69 Å². The topological polar surface area (TPSA) is 61.6 Å². The summed E-state index contributed by atoms with van der Waals surface area (Å²) in [6, 6.07) is 5.73. The number of aryl methyl sites for hydroxylation is 1. The van der Waals surface area contributed by atoms with Crippen molar-refractivity contribution in [3.63, 3.8) is 0 Å². The molecule has 0 aliphatic carbocycles. The van der Waals surface area contributed by atoms with Gasteiger partial charge in [0.2, 0.25) is 0 Å². The van der Waals surface area contributed by atoms with Crippen molar-refractivity contribution in [3.8, 4) is 6.07 Å². The van der Waals surface area contributed by atoms with Crippen LogP contribution >= 0.6 is 11.3 Å². The summed E-state index contributed by atoms with van der Waals surface area (Å²) in [5.41, 5.74) is 1.30. The quantitative estimate of drug-likeness (QED) is 0.901. The minimum Gasteiger partial charge on any atom is -0.376 e. The highest BCUT2D eigenvalue weighted by molar-refractivity contribution is 7.11. The monoisotopic (exact) mass is 244 g/mol. The van der Waals surface area contributed by atoms with Crippen molar-refractivity contribution < 1.29 is 0 Å².